The monoisotopic (exact) mass is 196 g/mol. The van der Waals surface area contributed by atoms with E-state index in [0.717, 1.165) is 11.4 Å². The normalized spacial score (nSPS) is 18.5. The average molecular weight is 196 g/mol. The van der Waals surface area contributed by atoms with Crippen LogP contribution in [-0.2, 0) is 13.1 Å². The van der Waals surface area contributed by atoms with Gasteiger partial charge in [-0.1, -0.05) is 5.21 Å². The Bertz CT molecular complexity index is 317. The van der Waals surface area contributed by atoms with E-state index in [-0.39, 0.29) is 6.10 Å². The Kier molecular flexibility index (Phi) is 2.52. The molecular weight excluding hydrogens is 180 g/mol. The Morgan fingerprint density at radius 3 is 2.86 bits per heavy atom. The van der Waals surface area contributed by atoms with Crippen LogP contribution >= 0.6 is 0 Å². The first-order valence-electron chi connectivity index (χ1n) is 5.02. The summed E-state index contributed by atoms with van der Waals surface area (Å²) in [6.07, 6.45) is 2.00. The highest BCUT2D eigenvalue weighted by Crippen LogP contribution is 2.41. The molecule has 0 aromatic carbocycles. The third kappa shape index (κ3) is 1.78. The molecule has 1 heterocycles. The molecule has 2 rings (SSSR count). The Labute approximate surface area is 82.9 Å². The molecule has 5 nitrogen and oxygen atoms in total. The molecule has 3 N–H and O–H groups in total. The third-order valence-corrected chi connectivity index (χ3v) is 2.44. The second kappa shape index (κ2) is 3.67. The lowest BCUT2D eigenvalue weighted by atomic mass is 10.2. The van der Waals surface area contributed by atoms with Crippen LogP contribution in [0.2, 0.25) is 0 Å². The van der Waals surface area contributed by atoms with Crippen LogP contribution in [0.25, 0.3) is 0 Å². The number of hydrogen-bond acceptors (Lipinski definition) is 4. The zero-order valence-electron chi connectivity index (χ0n) is 8.35. The first-order valence-corrected chi connectivity index (χ1v) is 5.02. The molecule has 1 fully saturated rings. The fraction of sp³-hybridized carbons (Fsp3) is 0.778. The summed E-state index contributed by atoms with van der Waals surface area (Å²) in [5, 5.41) is 17.3. The second-order valence-corrected chi connectivity index (χ2v) is 3.93. The first kappa shape index (κ1) is 9.61. The maximum Gasteiger partial charge on any atom is 0.0997 e. The van der Waals surface area contributed by atoms with Gasteiger partial charge in [0.2, 0.25) is 0 Å². The second-order valence-electron chi connectivity index (χ2n) is 3.93. The summed E-state index contributed by atoms with van der Waals surface area (Å²) in [5.74, 6) is 0.572. The van der Waals surface area contributed by atoms with E-state index < -0.39 is 0 Å². The zero-order valence-corrected chi connectivity index (χ0v) is 8.35. The molecule has 1 unspecified atom stereocenters. The number of nitrogens with two attached hydrogens (primary N) is 1. The van der Waals surface area contributed by atoms with Crippen LogP contribution in [0.1, 0.15) is 37.1 Å². The van der Waals surface area contributed by atoms with Crippen molar-refractivity contribution in [1.82, 2.24) is 15.0 Å². The van der Waals surface area contributed by atoms with Crippen molar-refractivity contribution < 1.29 is 5.11 Å². The van der Waals surface area contributed by atoms with Gasteiger partial charge in [0.15, 0.2) is 0 Å². The molecule has 1 atom stereocenters. The molecule has 1 aromatic rings. The van der Waals surface area contributed by atoms with E-state index in [0.29, 0.717) is 19.0 Å². The molecule has 0 bridgehead atoms. The van der Waals surface area contributed by atoms with Gasteiger partial charge in [0.05, 0.1) is 24.0 Å². The van der Waals surface area contributed by atoms with Crippen molar-refractivity contribution in [3.8, 4) is 0 Å². The quantitative estimate of drug-likeness (QED) is 0.710. The molecule has 1 aliphatic rings. The van der Waals surface area contributed by atoms with Crippen LogP contribution in [0.3, 0.4) is 0 Å². The van der Waals surface area contributed by atoms with E-state index in [1.54, 1.807) is 11.6 Å². The number of hydrogen-bond donors (Lipinski definition) is 2. The van der Waals surface area contributed by atoms with E-state index in [2.05, 4.69) is 10.3 Å². The van der Waals surface area contributed by atoms with E-state index in [4.69, 9.17) is 5.73 Å². The molecule has 0 aliphatic heterocycles. The predicted octanol–water partition coefficient (Wildman–Crippen LogP) is -0.00500. The number of aliphatic hydroxyl groups is 1. The van der Waals surface area contributed by atoms with E-state index in [1.165, 1.54) is 12.8 Å². The van der Waals surface area contributed by atoms with Gasteiger partial charge in [-0.3, -0.25) is 0 Å². The smallest absolute Gasteiger partial charge is 0.0997 e. The first-order chi connectivity index (χ1) is 6.72. The lowest BCUT2D eigenvalue weighted by Crippen LogP contribution is -2.15. The lowest BCUT2D eigenvalue weighted by Gasteiger charge is -2.07. The summed E-state index contributed by atoms with van der Waals surface area (Å²) in [7, 11) is 0. The molecule has 1 aromatic heterocycles. The maximum absolute atomic E-state index is 9.29. The van der Waals surface area contributed by atoms with Crippen LogP contribution in [0.15, 0.2) is 0 Å². The van der Waals surface area contributed by atoms with Gasteiger partial charge in [-0.15, -0.1) is 5.10 Å². The van der Waals surface area contributed by atoms with Gasteiger partial charge in [0, 0.05) is 12.5 Å². The highest BCUT2D eigenvalue weighted by molar-refractivity contribution is 5.20. The number of rotatable bonds is 4. The molecular formula is C9H16N4O. The zero-order chi connectivity index (χ0) is 10.1. The van der Waals surface area contributed by atoms with Crippen LogP contribution < -0.4 is 5.73 Å². The topological polar surface area (TPSA) is 77.0 Å². The van der Waals surface area contributed by atoms with Gasteiger partial charge in [-0.2, -0.15) is 0 Å². The molecule has 1 aliphatic carbocycles. The van der Waals surface area contributed by atoms with Gasteiger partial charge in [-0.25, -0.2) is 4.68 Å². The maximum atomic E-state index is 9.29. The van der Waals surface area contributed by atoms with Crippen molar-refractivity contribution in [2.45, 2.75) is 44.9 Å². The SMILES string of the molecule is CC(O)Cn1nnc(CN)c1C1CC1. The van der Waals surface area contributed by atoms with Gasteiger partial charge in [0.25, 0.3) is 0 Å². The Morgan fingerprint density at radius 2 is 2.36 bits per heavy atom. The number of nitrogens with zero attached hydrogens (tertiary/aromatic N) is 3. The Balaban J connectivity index is 2.25. The van der Waals surface area contributed by atoms with Gasteiger partial charge in [-0.05, 0) is 19.8 Å². The average Bonchev–Trinajstić information content (AvgIpc) is 2.88. The highest BCUT2D eigenvalue weighted by atomic mass is 16.3. The standard InChI is InChI=1S/C9H16N4O/c1-6(14)5-13-9(7-2-3-7)8(4-10)11-12-13/h6-7,14H,2-5,10H2,1H3. The van der Waals surface area contributed by atoms with Crippen LogP contribution in [0.4, 0.5) is 0 Å². The Hall–Kier alpha value is -0.940. The van der Waals surface area contributed by atoms with Crippen molar-refractivity contribution >= 4 is 0 Å². The number of aliphatic hydroxyl groups excluding tert-OH is 1. The molecule has 0 saturated heterocycles. The lowest BCUT2D eigenvalue weighted by molar-refractivity contribution is 0.166. The van der Waals surface area contributed by atoms with Crippen molar-refractivity contribution in [1.29, 1.82) is 0 Å². The predicted molar refractivity (Wildman–Crippen MR) is 51.6 cm³/mol. The Morgan fingerprint density at radius 1 is 1.64 bits per heavy atom. The summed E-state index contributed by atoms with van der Waals surface area (Å²) in [5.41, 5.74) is 7.60. The molecule has 5 heteroatoms. The molecule has 0 amide bonds. The van der Waals surface area contributed by atoms with E-state index >= 15 is 0 Å². The van der Waals surface area contributed by atoms with Gasteiger partial charge < -0.3 is 10.8 Å². The molecule has 0 spiro atoms. The summed E-state index contributed by atoms with van der Waals surface area (Å²) in [6, 6.07) is 0. The highest BCUT2D eigenvalue weighted by Gasteiger charge is 2.30. The molecule has 14 heavy (non-hydrogen) atoms. The summed E-state index contributed by atoms with van der Waals surface area (Å²) < 4.78 is 1.80. The van der Waals surface area contributed by atoms with E-state index in [9.17, 15) is 5.11 Å². The molecule has 0 radical (unpaired) electrons. The third-order valence-electron chi connectivity index (χ3n) is 2.44. The fourth-order valence-corrected chi connectivity index (χ4v) is 1.69. The largest absolute Gasteiger partial charge is 0.391 e. The van der Waals surface area contributed by atoms with Crippen LogP contribution in [0, 0.1) is 0 Å². The summed E-state index contributed by atoms with van der Waals surface area (Å²) in [4.78, 5) is 0. The molecule has 1 saturated carbocycles. The van der Waals surface area contributed by atoms with E-state index in [1.807, 2.05) is 0 Å². The summed E-state index contributed by atoms with van der Waals surface area (Å²) in [6.45, 7) is 2.70. The van der Waals surface area contributed by atoms with Crippen molar-refractivity contribution in [3.63, 3.8) is 0 Å². The number of aromatic nitrogens is 3. The minimum Gasteiger partial charge on any atom is -0.391 e. The van der Waals surface area contributed by atoms with Crippen molar-refractivity contribution in [2.75, 3.05) is 0 Å². The van der Waals surface area contributed by atoms with Crippen molar-refractivity contribution in [3.05, 3.63) is 11.4 Å². The summed E-state index contributed by atoms with van der Waals surface area (Å²) >= 11 is 0. The van der Waals surface area contributed by atoms with Gasteiger partial charge >= 0.3 is 0 Å². The molecule has 78 valence electrons. The fourth-order valence-electron chi connectivity index (χ4n) is 1.69. The van der Waals surface area contributed by atoms with Crippen molar-refractivity contribution in [2.24, 2.45) is 5.73 Å². The minimum absolute atomic E-state index is 0.389. The minimum atomic E-state index is -0.389. The van der Waals surface area contributed by atoms with Crippen LogP contribution in [-0.4, -0.2) is 26.2 Å². The van der Waals surface area contributed by atoms with Gasteiger partial charge in [0.1, 0.15) is 0 Å². The van der Waals surface area contributed by atoms with Crippen LogP contribution in [0.5, 0.6) is 0 Å².